The second-order valence-corrected chi connectivity index (χ2v) is 9.76. The van der Waals surface area contributed by atoms with Gasteiger partial charge in [0.15, 0.2) is 0 Å². The van der Waals surface area contributed by atoms with Crippen LogP contribution in [0.25, 0.3) is 0 Å². The van der Waals surface area contributed by atoms with E-state index >= 15 is 0 Å². The van der Waals surface area contributed by atoms with Gasteiger partial charge in [0.1, 0.15) is 18.3 Å². The van der Waals surface area contributed by atoms with Crippen molar-refractivity contribution >= 4 is 0 Å². The fourth-order valence-electron chi connectivity index (χ4n) is 5.32. The Morgan fingerprint density at radius 1 is 0.722 bits per heavy atom. The summed E-state index contributed by atoms with van der Waals surface area (Å²) < 4.78 is 26.2. The Bertz CT molecular complexity index is 1030. The molecule has 190 valence electrons. The van der Waals surface area contributed by atoms with Gasteiger partial charge < -0.3 is 24.3 Å². The van der Waals surface area contributed by atoms with Crippen LogP contribution in [0.3, 0.4) is 0 Å². The van der Waals surface area contributed by atoms with E-state index in [1.54, 1.807) is 0 Å². The largest absolute Gasteiger partial charge is 0.374 e. The zero-order valence-corrected chi connectivity index (χ0v) is 21.0. The van der Waals surface area contributed by atoms with E-state index in [9.17, 15) is 0 Å². The minimum atomic E-state index is -0.256. The third kappa shape index (κ3) is 6.23. The summed E-state index contributed by atoms with van der Waals surface area (Å²) >= 11 is 0. The highest BCUT2D eigenvalue weighted by molar-refractivity contribution is 5.16. The second-order valence-electron chi connectivity index (χ2n) is 9.76. The van der Waals surface area contributed by atoms with Gasteiger partial charge in [-0.2, -0.15) is 0 Å². The number of nitrogens with one attached hydrogen (secondary N) is 1. The van der Waals surface area contributed by atoms with Gasteiger partial charge in [-0.05, 0) is 29.0 Å². The van der Waals surface area contributed by atoms with Gasteiger partial charge in [-0.15, -0.1) is 0 Å². The highest BCUT2D eigenvalue weighted by atomic mass is 16.6. The fourth-order valence-corrected chi connectivity index (χ4v) is 5.32. The standard InChI is InChI=1S/C31H37NO4/c1-2-26-18-32-28-29(26)36-27(22-33-19-23-12-6-3-7-13-23)30(34-20-24-14-8-4-9-15-24)31(28)35-21-25-16-10-5-11-17-25/h3-17,26-32H,2,18-22H2,1H3/t26-,27+,28-,29-,30+,31+/m0/s1. The van der Waals surface area contributed by atoms with Crippen LogP contribution in [0.4, 0.5) is 0 Å². The van der Waals surface area contributed by atoms with Crippen LogP contribution < -0.4 is 5.32 Å². The maximum absolute atomic E-state index is 6.74. The van der Waals surface area contributed by atoms with E-state index in [0.717, 1.165) is 29.7 Å². The Morgan fingerprint density at radius 3 is 1.81 bits per heavy atom. The van der Waals surface area contributed by atoms with Crippen LogP contribution in [0.5, 0.6) is 0 Å². The SMILES string of the molecule is CC[C@H]1CN[C@@H]2[C@@H](OCc3ccccc3)[C@H](OCc3ccccc3)[C@@H](COCc3ccccc3)O[C@@H]12. The van der Waals surface area contributed by atoms with E-state index in [1.165, 1.54) is 0 Å². The first-order valence-electron chi connectivity index (χ1n) is 13.1. The molecule has 3 aromatic carbocycles. The average Bonchev–Trinajstić information content (AvgIpc) is 3.35. The molecule has 2 fully saturated rings. The lowest BCUT2D eigenvalue weighted by Crippen LogP contribution is -2.62. The highest BCUT2D eigenvalue weighted by Gasteiger charge is 2.52. The molecule has 1 N–H and O–H groups in total. The van der Waals surface area contributed by atoms with Gasteiger partial charge in [-0.25, -0.2) is 0 Å². The van der Waals surface area contributed by atoms with Crippen LogP contribution in [-0.2, 0) is 38.8 Å². The molecule has 0 radical (unpaired) electrons. The van der Waals surface area contributed by atoms with E-state index in [-0.39, 0.29) is 30.5 Å². The maximum atomic E-state index is 6.74. The third-order valence-electron chi connectivity index (χ3n) is 7.30. The molecule has 5 nitrogen and oxygen atoms in total. The number of hydrogen-bond donors (Lipinski definition) is 1. The quantitative estimate of drug-likeness (QED) is 0.406. The summed E-state index contributed by atoms with van der Waals surface area (Å²) in [7, 11) is 0. The van der Waals surface area contributed by atoms with Crippen molar-refractivity contribution in [2.45, 2.75) is 63.6 Å². The van der Waals surface area contributed by atoms with Crippen molar-refractivity contribution in [2.75, 3.05) is 13.2 Å². The zero-order chi connectivity index (χ0) is 24.6. The molecule has 2 saturated heterocycles. The van der Waals surface area contributed by atoms with Crippen molar-refractivity contribution < 1.29 is 18.9 Å². The van der Waals surface area contributed by atoms with Crippen molar-refractivity contribution in [3.8, 4) is 0 Å². The molecule has 0 aromatic heterocycles. The molecule has 0 spiro atoms. The average molecular weight is 488 g/mol. The Hall–Kier alpha value is -2.54. The predicted molar refractivity (Wildman–Crippen MR) is 140 cm³/mol. The molecule has 0 aliphatic carbocycles. The summed E-state index contributed by atoms with van der Waals surface area (Å²) in [4.78, 5) is 0. The van der Waals surface area contributed by atoms with Crippen LogP contribution in [0.15, 0.2) is 91.0 Å². The molecular weight excluding hydrogens is 450 g/mol. The van der Waals surface area contributed by atoms with Gasteiger partial charge in [0.2, 0.25) is 0 Å². The van der Waals surface area contributed by atoms with Gasteiger partial charge in [0, 0.05) is 6.54 Å². The molecular formula is C31H37NO4. The Balaban J connectivity index is 1.35. The summed E-state index contributed by atoms with van der Waals surface area (Å²) in [6.07, 6.45) is 0.529. The lowest BCUT2D eigenvalue weighted by atomic mass is 9.88. The number of hydrogen-bond acceptors (Lipinski definition) is 5. The highest BCUT2D eigenvalue weighted by Crippen LogP contribution is 2.35. The summed E-state index contributed by atoms with van der Waals surface area (Å²) in [6, 6.07) is 31.0. The molecule has 2 aliphatic rings. The van der Waals surface area contributed by atoms with Crippen molar-refractivity contribution in [3.05, 3.63) is 108 Å². The molecule has 0 unspecified atom stereocenters. The monoisotopic (exact) mass is 487 g/mol. The molecule has 0 amide bonds. The molecule has 6 atom stereocenters. The Morgan fingerprint density at radius 2 is 1.25 bits per heavy atom. The van der Waals surface area contributed by atoms with Crippen molar-refractivity contribution in [1.82, 2.24) is 5.32 Å². The normalized spacial score (nSPS) is 27.6. The van der Waals surface area contributed by atoms with Crippen LogP contribution in [-0.4, -0.2) is 43.6 Å². The van der Waals surface area contributed by atoms with Crippen molar-refractivity contribution in [1.29, 1.82) is 0 Å². The fraction of sp³-hybridized carbons (Fsp3) is 0.419. The molecule has 5 rings (SSSR count). The minimum Gasteiger partial charge on any atom is -0.374 e. The van der Waals surface area contributed by atoms with Crippen LogP contribution in [0, 0.1) is 5.92 Å². The first-order valence-corrected chi connectivity index (χ1v) is 13.1. The summed E-state index contributed by atoms with van der Waals surface area (Å²) in [6.45, 7) is 5.21. The molecule has 3 aromatic rings. The first kappa shape index (κ1) is 25.1. The second kappa shape index (κ2) is 12.6. The minimum absolute atomic E-state index is 0.0812. The van der Waals surface area contributed by atoms with Crippen LogP contribution in [0.2, 0.25) is 0 Å². The van der Waals surface area contributed by atoms with Crippen LogP contribution >= 0.6 is 0 Å². The molecule has 36 heavy (non-hydrogen) atoms. The molecule has 0 bridgehead atoms. The lowest BCUT2D eigenvalue weighted by Gasteiger charge is -2.45. The number of fused-ring (bicyclic) bond motifs is 1. The summed E-state index contributed by atoms with van der Waals surface area (Å²) in [5.41, 5.74) is 3.44. The lowest BCUT2D eigenvalue weighted by molar-refractivity contribution is -0.231. The van der Waals surface area contributed by atoms with Gasteiger partial charge in [-0.3, -0.25) is 0 Å². The van der Waals surface area contributed by atoms with Crippen LogP contribution in [0.1, 0.15) is 30.0 Å². The van der Waals surface area contributed by atoms with Gasteiger partial charge in [0.25, 0.3) is 0 Å². The Kier molecular flexibility index (Phi) is 8.81. The summed E-state index contributed by atoms with van der Waals surface area (Å²) in [5, 5.41) is 3.71. The van der Waals surface area contributed by atoms with Crippen molar-refractivity contribution in [3.63, 3.8) is 0 Å². The predicted octanol–water partition coefficient (Wildman–Crippen LogP) is 5.14. The van der Waals surface area contributed by atoms with E-state index in [4.69, 9.17) is 18.9 Å². The number of benzene rings is 3. The molecule has 2 aliphatic heterocycles. The number of ether oxygens (including phenoxy) is 4. The molecule has 5 heteroatoms. The summed E-state index contributed by atoms with van der Waals surface area (Å²) in [5.74, 6) is 0.449. The maximum Gasteiger partial charge on any atom is 0.114 e. The third-order valence-corrected chi connectivity index (χ3v) is 7.30. The van der Waals surface area contributed by atoms with Gasteiger partial charge in [0.05, 0.1) is 38.6 Å². The molecule has 0 saturated carbocycles. The van der Waals surface area contributed by atoms with Gasteiger partial charge >= 0.3 is 0 Å². The number of rotatable bonds is 11. The molecule has 2 heterocycles. The van der Waals surface area contributed by atoms with Crippen molar-refractivity contribution in [2.24, 2.45) is 5.92 Å². The zero-order valence-electron chi connectivity index (χ0n) is 21.0. The van der Waals surface area contributed by atoms with E-state index < -0.39 is 0 Å². The van der Waals surface area contributed by atoms with E-state index in [2.05, 4.69) is 60.8 Å². The smallest absolute Gasteiger partial charge is 0.114 e. The van der Waals surface area contributed by atoms with Gasteiger partial charge in [-0.1, -0.05) is 97.9 Å². The Labute approximate surface area is 214 Å². The first-order chi connectivity index (χ1) is 17.8. The van der Waals surface area contributed by atoms with E-state index in [0.29, 0.717) is 32.3 Å². The van der Waals surface area contributed by atoms with E-state index in [1.807, 2.05) is 42.5 Å². The topological polar surface area (TPSA) is 49.0 Å².